The van der Waals surface area contributed by atoms with Crippen molar-refractivity contribution in [3.05, 3.63) is 29.3 Å². The van der Waals surface area contributed by atoms with E-state index in [2.05, 4.69) is 75.8 Å². The minimum Gasteiger partial charge on any atom is -0.478 e. The van der Waals surface area contributed by atoms with Gasteiger partial charge in [0.1, 0.15) is 6.11 Å². The third-order valence-corrected chi connectivity index (χ3v) is 3.12. The van der Waals surface area contributed by atoms with E-state index in [1.165, 1.54) is 0 Å². The molecule has 0 saturated heterocycles. The largest absolute Gasteiger partial charge is 0.478 e. The van der Waals surface area contributed by atoms with E-state index in [1.807, 2.05) is 6.11 Å². The minimum absolute atomic E-state index is 0.257. The Hall–Kier alpha value is -4.81. The standard InChI is InChI=1S/C22H6O6S/c1-2-3-4-5-6-7-8-9-10-11-12-13-14-28-22(25)19-15-18(21(23)24)16-20(17-19)29(26)27/h1,15-17H,(H,23,24)(H,26,27). The van der Waals surface area contributed by atoms with Gasteiger partial charge in [0.15, 0.2) is 11.1 Å². The van der Waals surface area contributed by atoms with E-state index < -0.39 is 23.0 Å². The number of carbonyl (C=O) groups is 2. The fraction of sp³-hybridized carbons (Fsp3) is 0. The lowest BCUT2D eigenvalue weighted by atomic mass is 10.1. The van der Waals surface area contributed by atoms with E-state index in [-0.39, 0.29) is 16.0 Å². The smallest absolute Gasteiger partial charge is 0.352 e. The van der Waals surface area contributed by atoms with E-state index in [0.717, 1.165) is 18.2 Å². The van der Waals surface area contributed by atoms with Gasteiger partial charge in [-0.3, -0.25) is 0 Å². The average molecular weight is 398 g/mol. The summed E-state index contributed by atoms with van der Waals surface area (Å²) in [6.45, 7) is 0. The first-order valence-electron chi connectivity index (χ1n) is 7.11. The first-order valence-corrected chi connectivity index (χ1v) is 8.22. The van der Waals surface area contributed by atoms with Gasteiger partial charge < -0.3 is 14.4 Å². The Morgan fingerprint density at radius 1 is 0.828 bits per heavy atom. The van der Waals surface area contributed by atoms with Crippen molar-refractivity contribution in [1.29, 1.82) is 0 Å². The minimum atomic E-state index is -2.48. The molecule has 1 aromatic carbocycles. The fourth-order valence-electron chi connectivity index (χ4n) is 1.41. The summed E-state index contributed by atoms with van der Waals surface area (Å²) in [5.74, 6) is 25.4. The number of hydrogen-bond acceptors (Lipinski definition) is 4. The molecule has 0 saturated carbocycles. The number of hydrogen-bond donors (Lipinski definition) is 2. The monoisotopic (exact) mass is 398 g/mol. The van der Waals surface area contributed by atoms with Crippen LogP contribution in [0.1, 0.15) is 20.7 Å². The summed E-state index contributed by atoms with van der Waals surface area (Å²) >= 11 is -2.48. The molecule has 0 aromatic heterocycles. The summed E-state index contributed by atoms with van der Waals surface area (Å²) < 4.78 is 24.8. The van der Waals surface area contributed by atoms with Crippen LogP contribution in [-0.4, -0.2) is 25.8 Å². The molecule has 1 atom stereocenters. The Morgan fingerprint density at radius 3 is 1.79 bits per heavy atom. The Bertz CT molecular complexity index is 1260. The SMILES string of the molecule is C#CC#CC#CC#CC#CC#CC#COC(=O)c1cc(C(=O)O)cc(S(=O)O)c1. The van der Waals surface area contributed by atoms with Gasteiger partial charge in [0, 0.05) is 35.5 Å². The summed E-state index contributed by atoms with van der Waals surface area (Å²) in [5.41, 5.74) is -0.610. The maximum atomic E-state index is 11.9. The van der Waals surface area contributed by atoms with Crippen LogP contribution in [0.4, 0.5) is 0 Å². The highest BCUT2D eigenvalue weighted by Gasteiger charge is 2.15. The zero-order chi connectivity index (χ0) is 21.5. The molecule has 0 aliphatic rings. The van der Waals surface area contributed by atoms with E-state index >= 15 is 0 Å². The second-order valence-corrected chi connectivity index (χ2v) is 5.28. The summed E-state index contributed by atoms with van der Waals surface area (Å²) in [7, 11) is 0. The summed E-state index contributed by atoms with van der Waals surface area (Å²) in [4.78, 5) is 22.6. The molecular weight excluding hydrogens is 392 g/mol. The van der Waals surface area contributed by atoms with Crippen LogP contribution in [0.15, 0.2) is 23.1 Å². The Balaban J connectivity index is 2.76. The fourth-order valence-corrected chi connectivity index (χ4v) is 1.87. The molecule has 1 rings (SSSR count). The molecule has 0 fully saturated rings. The molecule has 0 bridgehead atoms. The number of aromatic carboxylic acids is 1. The highest BCUT2D eigenvalue weighted by Crippen LogP contribution is 2.14. The molecule has 2 N–H and O–H groups in total. The molecule has 0 heterocycles. The van der Waals surface area contributed by atoms with Crippen LogP contribution in [-0.2, 0) is 15.8 Å². The second-order valence-electron chi connectivity index (χ2n) is 4.31. The Labute approximate surface area is 169 Å². The van der Waals surface area contributed by atoms with Crippen molar-refractivity contribution < 1.29 is 28.2 Å². The van der Waals surface area contributed by atoms with Crippen molar-refractivity contribution in [3.8, 4) is 83.6 Å². The Kier molecular flexibility index (Phi) is 9.60. The second kappa shape index (κ2) is 12.5. The number of terminal acetylenes is 1. The van der Waals surface area contributed by atoms with Gasteiger partial charge >= 0.3 is 11.9 Å². The number of carboxylic acids is 1. The zero-order valence-electron chi connectivity index (χ0n) is 14.2. The Morgan fingerprint density at radius 2 is 1.31 bits per heavy atom. The van der Waals surface area contributed by atoms with Crippen LogP contribution in [0.25, 0.3) is 0 Å². The van der Waals surface area contributed by atoms with Gasteiger partial charge in [0.2, 0.25) is 0 Å². The van der Waals surface area contributed by atoms with Crippen LogP contribution in [0.3, 0.4) is 0 Å². The summed E-state index contributed by atoms with van der Waals surface area (Å²) in [5, 5.41) is 8.97. The predicted octanol–water partition coefficient (Wildman–Crippen LogP) is 0.733. The van der Waals surface area contributed by atoms with Crippen molar-refractivity contribution in [1.82, 2.24) is 0 Å². The molecule has 6 nitrogen and oxygen atoms in total. The van der Waals surface area contributed by atoms with Gasteiger partial charge in [-0.05, 0) is 53.7 Å². The average Bonchev–Trinajstić information content (AvgIpc) is 2.70. The topological polar surface area (TPSA) is 101 Å². The third kappa shape index (κ3) is 8.91. The van der Waals surface area contributed by atoms with E-state index in [4.69, 9.17) is 16.1 Å². The number of carboxylic acid groups (broad SMARTS) is 1. The van der Waals surface area contributed by atoms with E-state index in [9.17, 15) is 13.8 Å². The molecule has 0 radical (unpaired) electrons. The van der Waals surface area contributed by atoms with Gasteiger partial charge in [-0.15, -0.1) is 6.42 Å². The molecule has 0 aliphatic heterocycles. The van der Waals surface area contributed by atoms with Gasteiger partial charge in [-0.2, -0.15) is 0 Å². The summed E-state index contributed by atoms with van der Waals surface area (Å²) in [6.07, 6.45) is 6.89. The van der Waals surface area contributed by atoms with Crippen LogP contribution < -0.4 is 0 Å². The number of rotatable bonds is 3. The molecule has 0 amide bonds. The first-order chi connectivity index (χ1) is 14.0. The number of benzene rings is 1. The maximum Gasteiger partial charge on any atom is 0.352 e. The van der Waals surface area contributed by atoms with Crippen LogP contribution in [0.5, 0.6) is 0 Å². The van der Waals surface area contributed by atoms with Gasteiger partial charge in [0.25, 0.3) is 0 Å². The third-order valence-electron chi connectivity index (χ3n) is 2.48. The highest BCUT2D eigenvalue weighted by molar-refractivity contribution is 7.79. The van der Waals surface area contributed by atoms with Crippen LogP contribution in [0, 0.1) is 83.6 Å². The lowest BCUT2D eigenvalue weighted by Crippen LogP contribution is -2.06. The van der Waals surface area contributed by atoms with E-state index in [1.54, 1.807) is 0 Å². The lowest BCUT2D eigenvalue weighted by Gasteiger charge is -2.02. The molecule has 0 aliphatic carbocycles. The highest BCUT2D eigenvalue weighted by atomic mass is 32.2. The lowest BCUT2D eigenvalue weighted by molar-refractivity contribution is 0.0690. The quantitative estimate of drug-likeness (QED) is 0.442. The molecule has 7 heteroatoms. The molecule has 29 heavy (non-hydrogen) atoms. The number of esters is 1. The van der Waals surface area contributed by atoms with Gasteiger partial charge in [-0.25, -0.2) is 13.8 Å². The van der Waals surface area contributed by atoms with Crippen molar-refractivity contribution in [3.63, 3.8) is 0 Å². The van der Waals surface area contributed by atoms with Crippen molar-refractivity contribution in [2.45, 2.75) is 4.90 Å². The molecule has 1 aromatic rings. The van der Waals surface area contributed by atoms with Crippen molar-refractivity contribution >= 4 is 23.0 Å². The zero-order valence-corrected chi connectivity index (χ0v) is 15.1. The van der Waals surface area contributed by atoms with E-state index in [0.29, 0.717) is 0 Å². The predicted molar refractivity (Wildman–Crippen MR) is 103 cm³/mol. The molecular formula is C22H6O6S. The van der Waals surface area contributed by atoms with Crippen molar-refractivity contribution in [2.24, 2.45) is 0 Å². The van der Waals surface area contributed by atoms with Crippen LogP contribution in [0.2, 0.25) is 0 Å². The molecule has 136 valence electrons. The summed E-state index contributed by atoms with van der Waals surface area (Å²) in [6, 6.07) is 2.97. The van der Waals surface area contributed by atoms with Crippen molar-refractivity contribution in [2.75, 3.05) is 0 Å². The van der Waals surface area contributed by atoms with Gasteiger partial charge in [-0.1, -0.05) is 0 Å². The number of carbonyl (C=O) groups excluding carboxylic acids is 1. The molecule has 1 unspecified atom stereocenters. The normalized spacial score (nSPS) is 8.28. The van der Waals surface area contributed by atoms with Gasteiger partial charge in [0.05, 0.1) is 16.0 Å². The number of ether oxygens (including phenoxy) is 1. The first kappa shape index (κ1) is 22.2. The van der Waals surface area contributed by atoms with Crippen LogP contribution >= 0.6 is 0 Å². The maximum absolute atomic E-state index is 11.9. The molecule has 0 spiro atoms.